The Labute approximate surface area is 185 Å². The standard InChI is InChI=1S/C22H24N4O5S/c1-14-3-4-15(21(27)25-16-5-6-16)11-20(14)26-13-23-19-8-7-17(12-18(19)22(26)28)31-10-9-24-32(2,29)30/h3-4,7-8,11-13,16,24H,5-6,9-10H2,1-2H3,(H,25,27). The first-order valence-electron chi connectivity index (χ1n) is 10.2. The third kappa shape index (κ3) is 5.14. The molecule has 0 unspecified atom stereocenters. The summed E-state index contributed by atoms with van der Waals surface area (Å²) in [5.41, 5.74) is 2.11. The lowest BCUT2D eigenvalue weighted by atomic mass is 10.1. The summed E-state index contributed by atoms with van der Waals surface area (Å²) >= 11 is 0. The van der Waals surface area contributed by atoms with Gasteiger partial charge in [0.2, 0.25) is 10.0 Å². The second kappa shape index (κ2) is 8.71. The van der Waals surface area contributed by atoms with Crippen LogP contribution in [0, 0.1) is 6.92 Å². The van der Waals surface area contributed by atoms with Gasteiger partial charge in [-0.3, -0.25) is 14.2 Å². The van der Waals surface area contributed by atoms with Gasteiger partial charge in [-0.1, -0.05) is 6.07 Å². The first-order chi connectivity index (χ1) is 15.2. The Morgan fingerprint density at radius 3 is 2.72 bits per heavy atom. The number of hydrogen-bond acceptors (Lipinski definition) is 6. The maximum absolute atomic E-state index is 13.2. The Balaban J connectivity index is 1.62. The second-order valence-corrected chi connectivity index (χ2v) is 9.70. The van der Waals surface area contributed by atoms with E-state index >= 15 is 0 Å². The van der Waals surface area contributed by atoms with Crippen LogP contribution in [-0.4, -0.2) is 49.3 Å². The summed E-state index contributed by atoms with van der Waals surface area (Å²) in [5, 5.41) is 3.31. The molecule has 1 aliphatic rings. The van der Waals surface area contributed by atoms with E-state index in [9.17, 15) is 18.0 Å². The molecule has 2 N–H and O–H groups in total. The highest BCUT2D eigenvalue weighted by molar-refractivity contribution is 7.88. The number of amides is 1. The van der Waals surface area contributed by atoms with Crippen molar-refractivity contribution in [3.63, 3.8) is 0 Å². The minimum atomic E-state index is -3.30. The van der Waals surface area contributed by atoms with Gasteiger partial charge in [-0.05, 0) is 55.7 Å². The molecule has 1 heterocycles. The molecule has 1 aromatic heterocycles. The van der Waals surface area contributed by atoms with Crippen molar-refractivity contribution in [3.8, 4) is 11.4 Å². The molecule has 168 valence electrons. The van der Waals surface area contributed by atoms with Gasteiger partial charge in [-0.25, -0.2) is 18.1 Å². The van der Waals surface area contributed by atoms with Gasteiger partial charge < -0.3 is 10.1 Å². The van der Waals surface area contributed by atoms with E-state index in [0.29, 0.717) is 27.9 Å². The summed E-state index contributed by atoms with van der Waals surface area (Å²) in [6, 6.07) is 10.4. The number of rotatable bonds is 8. The molecule has 0 bridgehead atoms. The molecule has 0 saturated heterocycles. The molecular weight excluding hydrogens is 432 g/mol. The highest BCUT2D eigenvalue weighted by Crippen LogP contribution is 2.22. The fourth-order valence-corrected chi connectivity index (χ4v) is 3.72. The zero-order valence-electron chi connectivity index (χ0n) is 17.8. The Hall–Kier alpha value is -3.24. The number of hydrogen-bond donors (Lipinski definition) is 2. The van der Waals surface area contributed by atoms with E-state index < -0.39 is 10.0 Å². The molecule has 10 heteroatoms. The number of benzene rings is 2. The van der Waals surface area contributed by atoms with E-state index in [4.69, 9.17) is 4.74 Å². The smallest absolute Gasteiger partial charge is 0.265 e. The molecule has 2 aromatic carbocycles. The second-order valence-electron chi connectivity index (χ2n) is 7.86. The third-order valence-corrected chi connectivity index (χ3v) is 5.84. The maximum atomic E-state index is 13.2. The van der Waals surface area contributed by atoms with Crippen molar-refractivity contribution in [2.75, 3.05) is 19.4 Å². The molecule has 3 aromatic rings. The van der Waals surface area contributed by atoms with Gasteiger partial charge in [-0.2, -0.15) is 0 Å². The molecule has 0 spiro atoms. The van der Waals surface area contributed by atoms with Crippen LogP contribution in [-0.2, 0) is 10.0 Å². The van der Waals surface area contributed by atoms with Crippen LogP contribution in [0.5, 0.6) is 5.75 Å². The predicted octanol–water partition coefficient (Wildman–Crippen LogP) is 1.51. The minimum absolute atomic E-state index is 0.114. The van der Waals surface area contributed by atoms with Crippen molar-refractivity contribution in [3.05, 3.63) is 64.2 Å². The molecule has 9 nitrogen and oxygen atoms in total. The number of sulfonamides is 1. The number of carbonyl (C=O) groups is 1. The monoisotopic (exact) mass is 456 g/mol. The Morgan fingerprint density at radius 2 is 2.00 bits per heavy atom. The molecule has 1 fully saturated rings. The number of ether oxygens (including phenoxy) is 1. The predicted molar refractivity (Wildman–Crippen MR) is 121 cm³/mol. The largest absolute Gasteiger partial charge is 0.492 e. The number of carbonyl (C=O) groups excluding carboxylic acids is 1. The zero-order valence-corrected chi connectivity index (χ0v) is 18.6. The molecule has 1 saturated carbocycles. The molecule has 0 atom stereocenters. The van der Waals surface area contributed by atoms with Gasteiger partial charge in [0.25, 0.3) is 11.5 Å². The van der Waals surface area contributed by atoms with Gasteiger partial charge in [0.1, 0.15) is 18.7 Å². The van der Waals surface area contributed by atoms with E-state index in [0.717, 1.165) is 24.7 Å². The van der Waals surface area contributed by atoms with E-state index in [-0.39, 0.29) is 30.7 Å². The summed E-state index contributed by atoms with van der Waals surface area (Å²) < 4.78 is 31.6. The van der Waals surface area contributed by atoms with Crippen LogP contribution in [0.3, 0.4) is 0 Å². The molecule has 0 aliphatic heterocycles. The normalized spacial score (nSPS) is 13.8. The Kier molecular flexibility index (Phi) is 5.98. The van der Waals surface area contributed by atoms with Gasteiger partial charge in [-0.15, -0.1) is 0 Å². The number of nitrogens with zero attached hydrogens (tertiary/aromatic N) is 2. The summed E-state index contributed by atoms with van der Waals surface area (Å²) in [6.45, 7) is 2.09. The van der Waals surface area contributed by atoms with E-state index in [2.05, 4.69) is 15.0 Å². The van der Waals surface area contributed by atoms with Crippen LogP contribution in [0.25, 0.3) is 16.6 Å². The van der Waals surface area contributed by atoms with Gasteiger partial charge in [0, 0.05) is 18.2 Å². The number of nitrogens with one attached hydrogen (secondary N) is 2. The first kappa shape index (κ1) is 22.0. The van der Waals surface area contributed by atoms with E-state index in [1.807, 2.05) is 13.0 Å². The summed E-state index contributed by atoms with van der Waals surface area (Å²) in [4.78, 5) is 30.1. The van der Waals surface area contributed by atoms with Crippen molar-refractivity contribution in [1.29, 1.82) is 0 Å². The van der Waals surface area contributed by atoms with Crippen LogP contribution < -0.4 is 20.3 Å². The molecule has 32 heavy (non-hydrogen) atoms. The van der Waals surface area contributed by atoms with Gasteiger partial charge >= 0.3 is 0 Å². The number of fused-ring (bicyclic) bond motifs is 1. The van der Waals surface area contributed by atoms with Crippen molar-refractivity contribution >= 4 is 26.8 Å². The lowest BCUT2D eigenvalue weighted by Gasteiger charge is -2.13. The van der Waals surface area contributed by atoms with E-state index in [1.54, 1.807) is 30.3 Å². The fraction of sp³-hybridized carbons (Fsp3) is 0.318. The fourth-order valence-electron chi connectivity index (χ4n) is 3.27. The highest BCUT2D eigenvalue weighted by Gasteiger charge is 2.24. The lowest BCUT2D eigenvalue weighted by Crippen LogP contribution is -2.27. The maximum Gasteiger partial charge on any atom is 0.265 e. The molecule has 4 rings (SSSR count). The van der Waals surface area contributed by atoms with Crippen LogP contribution in [0.15, 0.2) is 47.5 Å². The topological polar surface area (TPSA) is 119 Å². The van der Waals surface area contributed by atoms with E-state index in [1.165, 1.54) is 10.9 Å². The Bertz CT molecular complexity index is 1350. The summed E-state index contributed by atoms with van der Waals surface area (Å²) in [5.74, 6) is 0.271. The van der Waals surface area contributed by atoms with Crippen LogP contribution in [0.2, 0.25) is 0 Å². The van der Waals surface area contributed by atoms with Crippen LogP contribution in [0.1, 0.15) is 28.8 Å². The van der Waals surface area contributed by atoms with Crippen LogP contribution >= 0.6 is 0 Å². The third-order valence-electron chi connectivity index (χ3n) is 5.11. The SMILES string of the molecule is Cc1ccc(C(=O)NC2CC2)cc1-n1cnc2ccc(OCCNS(C)(=O)=O)cc2c1=O. The van der Waals surface area contributed by atoms with Gasteiger partial charge in [0.05, 0.1) is 22.8 Å². The quantitative estimate of drug-likeness (QED) is 0.496. The lowest BCUT2D eigenvalue weighted by molar-refractivity contribution is 0.0951. The summed E-state index contributed by atoms with van der Waals surface area (Å²) in [7, 11) is -3.30. The highest BCUT2D eigenvalue weighted by atomic mass is 32.2. The van der Waals surface area contributed by atoms with Gasteiger partial charge in [0.15, 0.2) is 0 Å². The van der Waals surface area contributed by atoms with Crippen molar-refractivity contribution in [1.82, 2.24) is 19.6 Å². The molecular formula is C22H24N4O5S. The molecule has 1 amide bonds. The van der Waals surface area contributed by atoms with Crippen LogP contribution in [0.4, 0.5) is 0 Å². The van der Waals surface area contributed by atoms with Crippen molar-refractivity contribution in [2.45, 2.75) is 25.8 Å². The van der Waals surface area contributed by atoms with Crippen molar-refractivity contribution < 1.29 is 17.9 Å². The summed E-state index contributed by atoms with van der Waals surface area (Å²) in [6.07, 6.45) is 4.51. The number of aryl methyl sites for hydroxylation is 1. The zero-order chi connectivity index (χ0) is 22.9. The molecule has 0 radical (unpaired) electrons. The number of aromatic nitrogens is 2. The van der Waals surface area contributed by atoms with Crippen molar-refractivity contribution in [2.24, 2.45) is 0 Å². The average molecular weight is 457 g/mol. The average Bonchev–Trinajstić information content (AvgIpc) is 3.56. The minimum Gasteiger partial charge on any atom is -0.492 e. The molecule has 1 aliphatic carbocycles. The Morgan fingerprint density at radius 1 is 1.22 bits per heavy atom. The first-order valence-corrected chi connectivity index (χ1v) is 12.1.